The summed E-state index contributed by atoms with van der Waals surface area (Å²) in [6.07, 6.45) is 3.49. The first-order valence-electron chi connectivity index (χ1n) is 8.56. The molecule has 2 aromatic carbocycles. The Morgan fingerprint density at radius 1 is 1.22 bits per heavy atom. The van der Waals surface area contributed by atoms with Gasteiger partial charge in [0.2, 0.25) is 0 Å². The fourth-order valence-corrected chi connectivity index (χ4v) is 3.27. The largest absolute Gasteiger partial charge is 0.478 e. The Hall–Kier alpha value is -3.48. The molecular formula is C20H17FN4O2. The van der Waals surface area contributed by atoms with Crippen molar-refractivity contribution in [2.24, 2.45) is 0 Å². The number of fused-ring (bicyclic) bond motifs is 1. The van der Waals surface area contributed by atoms with E-state index in [-0.39, 0.29) is 11.4 Å². The Labute approximate surface area is 154 Å². The molecule has 0 spiro atoms. The molecule has 7 heteroatoms. The predicted molar refractivity (Wildman–Crippen MR) is 99.1 cm³/mol. The molecule has 0 unspecified atom stereocenters. The van der Waals surface area contributed by atoms with Gasteiger partial charge in [0.1, 0.15) is 17.5 Å². The first-order chi connectivity index (χ1) is 13.1. The highest BCUT2D eigenvalue weighted by atomic mass is 19.1. The average Bonchev–Trinajstić information content (AvgIpc) is 3.25. The van der Waals surface area contributed by atoms with Crippen LogP contribution in [-0.2, 0) is 13.1 Å². The number of carboxylic acids is 1. The van der Waals surface area contributed by atoms with E-state index in [0.717, 1.165) is 11.3 Å². The molecule has 0 fully saturated rings. The van der Waals surface area contributed by atoms with E-state index in [0.29, 0.717) is 30.0 Å². The molecule has 0 aliphatic heterocycles. The van der Waals surface area contributed by atoms with Crippen LogP contribution in [0, 0.1) is 5.82 Å². The van der Waals surface area contributed by atoms with Gasteiger partial charge in [-0.3, -0.25) is 0 Å². The standard InChI is InChI=1S/C20H17FN4O2/c1-2-25-17-7-6-15(21)11-16(17)23-18(25)12-24-9-8-22-19(24)13-4-3-5-14(10-13)20(26)27/h3-11H,2,12H2,1H3,(H,26,27). The Morgan fingerprint density at radius 2 is 2.07 bits per heavy atom. The molecule has 6 nitrogen and oxygen atoms in total. The normalized spacial score (nSPS) is 11.2. The van der Waals surface area contributed by atoms with Crippen molar-refractivity contribution in [3.8, 4) is 11.4 Å². The maximum atomic E-state index is 13.5. The van der Waals surface area contributed by atoms with Crippen LogP contribution in [0.3, 0.4) is 0 Å². The second-order valence-corrected chi connectivity index (χ2v) is 6.17. The highest BCUT2D eigenvalue weighted by Gasteiger charge is 2.14. The topological polar surface area (TPSA) is 72.9 Å². The van der Waals surface area contributed by atoms with Crippen molar-refractivity contribution in [3.63, 3.8) is 0 Å². The maximum Gasteiger partial charge on any atom is 0.335 e. The van der Waals surface area contributed by atoms with E-state index in [1.165, 1.54) is 12.1 Å². The monoisotopic (exact) mass is 364 g/mol. The van der Waals surface area contributed by atoms with Crippen molar-refractivity contribution in [3.05, 3.63) is 72.1 Å². The molecule has 0 aliphatic rings. The van der Waals surface area contributed by atoms with Crippen molar-refractivity contribution < 1.29 is 14.3 Å². The van der Waals surface area contributed by atoms with Gasteiger partial charge in [-0.1, -0.05) is 12.1 Å². The van der Waals surface area contributed by atoms with Crippen LogP contribution in [0.1, 0.15) is 23.1 Å². The van der Waals surface area contributed by atoms with Gasteiger partial charge in [-0.05, 0) is 31.2 Å². The third-order valence-electron chi connectivity index (χ3n) is 4.50. The van der Waals surface area contributed by atoms with Crippen LogP contribution < -0.4 is 0 Å². The minimum absolute atomic E-state index is 0.207. The predicted octanol–water partition coefficient (Wildman–Crippen LogP) is 3.81. The first-order valence-corrected chi connectivity index (χ1v) is 8.56. The summed E-state index contributed by atoms with van der Waals surface area (Å²) in [5.74, 6) is 0.138. The van der Waals surface area contributed by atoms with E-state index in [2.05, 4.69) is 9.97 Å². The van der Waals surface area contributed by atoms with Crippen molar-refractivity contribution in [1.82, 2.24) is 19.1 Å². The van der Waals surface area contributed by atoms with Gasteiger partial charge in [-0.15, -0.1) is 0 Å². The Bertz CT molecular complexity index is 1150. The number of carbonyl (C=O) groups is 1. The molecule has 0 saturated heterocycles. The SMILES string of the molecule is CCn1c(Cn2ccnc2-c2cccc(C(=O)O)c2)nc2cc(F)ccc21. The summed E-state index contributed by atoms with van der Waals surface area (Å²) in [5, 5.41) is 9.21. The summed E-state index contributed by atoms with van der Waals surface area (Å²) in [7, 11) is 0. The van der Waals surface area contributed by atoms with E-state index in [1.54, 1.807) is 30.5 Å². The van der Waals surface area contributed by atoms with Gasteiger partial charge in [0.05, 0.1) is 23.1 Å². The van der Waals surface area contributed by atoms with Gasteiger partial charge in [0.15, 0.2) is 0 Å². The highest BCUT2D eigenvalue weighted by molar-refractivity contribution is 5.89. The zero-order valence-electron chi connectivity index (χ0n) is 14.6. The minimum Gasteiger partial charge on any atom is -0.478 e. The molecule has 0 amide bonds. The molecule has 0 bridgehead atoms. The van der Waals surface area contributed by atoms with Crippen molar-refractivity contribution in [2.75, 3.05) is 0 Å². The molecule has 2 heterocycles. The Kier molecular flexibility index (Phi) is 4.19. The molecule has 0 saturated carbocycles. The molecule has 1 N–H and O–H groups in total. The molecule has 4 rings (SSSR count). The zero-order chi connectivity index (χ0) is 19.0. The van der Waals surface area contributed by atoms with Crippen LogP contribution in [0.2, 0.25) is 0 Å². The summed E-state index contributed by atoms with van der Waals surface area (Å²) in [4.78, 5) is 20.2. The number of hydrogen-bond donors (Lipinski definition) is 1. The second kappa shape index (κ2) is 6.68. The van der Waals surface area contributed by atoms with E-state index >= 15 is 0 Å². The summed E-state index contributed by atoms with van der Waals surface area (Å²) in [6, 6.07) is 11.3. The third-order valence-corrected chi connectivity index (χ3v) is 4.50. The number of nitrogens with zero attached hydrogens (tertiary/aromatic N) is 4. The first kappa shape index (κ1) is 17.0. The lowest BCUT2D eigenvalue weighted by molar-refractivity contribution is 0.0697. The molecule has 2 aromatic heterocycles. The van der Waals surface area contributed by atoms with Crippen LogP contribution >= 0.6 is 0 Å². The lowest BCUT2D eigenvalue weighted by Gasteiger charge is -2.10. The summed E-state index contributed by atoms with van der Waals surface area (Å²) in [5.41, 5.74) is 2.41. The molecular weight excluding hydrogens is 347 g/mol. The van der Waals surface area contributed by atoms with Gasteiger partial charge in [0, 0.05) is 30.6 Å². The Balaban J connectivity index is 1.75. The second-order valence-electron chi connectivity index (χ2n) is 6.17. The van der Waals surface area contributed by atoms with Gasteiger partial charge < -0.3 is 14.2 Å². The number of halogens is 1. The number of rotatable bonds is 5. The fourth-order valence-electron chi connectivity index (χ4n) is 3.27. The van der Waals surface area contributed by atoms with Gasteiger partial charge in [0.25, 0.3) is 0 Å². The van der Waals surface area contributed by atoms with E-state index < -0.39 is 5.97 Å². The molecule has 4 aromatic rings. The lowest BCUT2D eigenvalue weighted by Crippen LogP contribution is -2.08. The lowest BCUT2D eigenvalue weighted by atomic mass is 10.1. The number of aryl methyl sites for hydroxylation is 1. The van der Waals surface area contributed by atoms with E-state index in [4.69, 9.17) is 0 Å². The summed E-state index contributed by atoms with van der Waals surface area (Å²) < 4.78 is 17.5. The van der Waals surface area contributed by atoms with Crippen molar-refractivity contribution in [1.29, 1.82) is 0 Å². The van der Waals surface area contributed by atoms with Crippen LogP contribution in [0.25, 0.3) is 22.4 Å². The molecule has 0 radical (unpaired) electrons. The number of aromatic carboxylic acids is 1. The van der Waals surface area contributed by atoms with E-state index in [1.807, 2.05) is 28.3 Å². The van der Waals surface area contributed by atoms with Crippen LogP contribution in [-0.4, -0.2) is 30.2 Å². The van der Waals surface area contributed by atoms with Crippen LogP contribution in [0.5, 0.6) is 0 Å². The quantitative estimate of drug-likeness (QED) is 0.584. The molecule has 27 heavy (non-hydrogen) atoms. The third kappa shape index (κ3) is 3.08. The van der Waals surface area contributed by atoms with Gasteiger partial charge in [-0.2, -0.15) is 0 Å². The number of aromatic nitrogens is 4. The van der Waals surface area contributed by atoms with Crippen LogP contribution in [0.15, 0.2) is 54.9 Å². The molecule has 0 aliphatic carbocycles. The van der Waals surface area contributed by atoms with Gasteiger partial charge >= 0.3 is 5.97 Å². The maximum absolute atomic E-state index is 13.5. The molecule has 0 atom stereocenters. The zero-order valence-corrected chi connectivity index (χ0v) is 14.6. The Morgan fingerprint density at radius 3 is 2.85 bits per heavy atom. The highest BCUT2D eigenvalue weighted by Crippen LogP contribution is 2.22. The summed E-state index contributed by atoms with van der Waals surface area (Å²) >= 11 is 0. The van der Waals surface area contributed by atoms with Crippen molar-refractivity contribution >= 4 is 17.0 Å². The smallest absolute Gasteiger partial charge is 0.335 e. The number of imidazole rings is 2. The number of benzene rings is 2. The average molecular weight is 364 g/mol. The fraction of sp³-hybridized carbons (Fsp3) is 0.150. The van der Waals surface area contributed by atoms with Crippen LogP contribution in [0.4, 0.5) is 4.39 Å². The van der Waals surface area contributed by atoms with Gasteiger partial charge in [-0.25, -0.2) is 19.2 Å². The summed E-state index contributed by atoms with van der Waals surface area (Å²) in [6.45, 7) is 3.16. The minimum atomic E-state index is -0.982. The number of carboxylic acid groups (broad SMARTS) is 1. The number of hydrogen-bond acceptors (Lipinski definition) is 3. The molecule has 136 valence electrons. The van der Waals surface area contributed by atoms with Crippen molar-refractivity contribution in [2.45, 2.75) is 20.0 Å². The van der Waals surface area contributed by atoms with E-state index in [9.17, 15) is 14.3 Å².